The average molecular weight is 345 g/mol. The van der Waals surface area contributed by atoms with E-state index in [9.17, 15) is 0 Å². The topological polar surface area (TPSA) is 51.6 Å². The molecule has 0 radical (unpaired) electrons. The summed E-state index contributed by atoms with van der Waals surface area (Å²) < 4.78 is 11.5. The third-order valence-electron chi connectivity index (χ3n) is 2.43. The van der Waals surface area contributed by atoms with Gasteiger partial charge in [-0.25, -0.2) is 4.98 Å². The van der Waals surface area contributed by atoms with E-state index in [2.05, 4.69) is 20.9 Å². The molecule has 6 heteroatoms. The number of hydrogen-bond acceptors (Lipinski definition) is 4. The van der Waals surface area contributed by atoms with Crippen molar-refractivity contribution in [1.29, 1.82) is 0 Å². The summed E-state index contributed by atoms with van der Waals surface area (Å²) >= 11 is 9.25. The zero-order valence-electron chi connectivity index (χ0n) is 10.1. The van der Waals surface area contributed by atoms with Gasteiger partial charge in [-0.3, -0.25) is 0 Å². The Morgan fingerprint density at radius 1 is 1.37 bits per heavy atom. The molecule has 0 saturated carbocycles. The molecule has 2 rings (SSSR count). The maximum Gasteiger partial charge on any atom is 0.219 e. The molecule has 1 heterocycles. The third-order valence-corrected chi connectivity index (χ3v) is 3.39. The molecule has 0 atom stereocenters. The number of aliphatic hydroxyl groups is 1. The lowest BCUT2D eigenvalue weighted by Crippen LogP contribution is -1.93. The lowest BCUT2D eigenvalue weighted by Gasteiger charge is -2.09. The Labute approximate surface area is 124 Å². The van der Waals surface area contributed by atoms with Gasteiger partial charge < -0.3 is 14.6 Å². The molecule has 0 saturated heterocycles. The van der Waals surface area contributed by atoms with Crippen LogP contribution in [0.2, 0.25) is 5.02 Å². The van der Waals surface area contributed by atoms with E-state index in [1.165, 1.54) is 6.20 Å². The lowest BCUT2D eigenvalue weighted by atomic mass is 10.3. The molecule has 2 aromatic rings. The number of hydrogen-bond donors (Lipinski definition) is 1. The van der Waals surface area contributed by atoms with Gasteiger partial charge in [0.15, 0.2) is 0 Å². The van der Waals surface area contributed by atoms with Gasteiger partial charge in [-0.05, 0) is 34.1 Å². The fraction of sp³-hybridized carbons (Fsp3) is 0.154. The van der Waals surface area contributed by atoms with Crippen molar-refractivity contribution in [3.63, 3.8) is 0 Å². The fourth-order valence-corrected chi connectivity index (χ4v) is 2.04. The van der Waals surface area contributed by atoms with Crippen LogP contribution < -0.4 is 9.47 Å². The van der Waals surface area contributed by atoms with E-state index in [0.717, 1.165) is 10.2 Å². The Kier molecular flexibility index (Phi) is 4.63. The zero-order chi connectivity index (χ0) is 13.8. The van der Waals surface area contributed by atoms with E-state index in [-0.39, 0.29) is 6.61 Å². The van der Waals surface area contributed by atoms with E-state index in [1.54, 1.807) is 31.4 Å². The van der Waals surface area contributed by atoms with Gasteiger partial charge >= 0.3 is 0 Å². The second-order valence-corrected chi connectivity index (χ2v) is 4.93. The van der Waals surface area contributed by atoms with Crippen LogP contribution in [-0.4, -0.2) is 17.2 Å². The average Bonchev–Trinajstić information content (AvgIpc) is 2.43. The van der Waals surface area contributed by atoms with Gasteiger partial charge in [-0.2, -0.15) is 0 Å². The molecule has 0 bridgehead atoms. The van der Waals surface area contributed by atoms with Crippen molar-refractivity contribution in [1.82, 2.24) is 4.98 Å². The van der Waals surface area contributed by atoms with Gasteiger partial charge in [0.05, 0.1) is 23.2 Å². The molecule has 0 aliphatic rings. The number of methoxy groups -OCH3 is 1. The van der Waals surface area contributed by atoms with E-state index in [1.807, 2.05) is 0 Å². The van der Waals surface area contributed by atoms with Crippen molar-refractivity contribution in [2.45, 2.75) is 6.61 Å². The third kappa shape index (κ3) is 3.37. The molecule has 4 nitrogen and oxygen atoms in total. The van der Waals surface area contributed by atoms with Crippen LogP contribution in [0.25, 0.3) is 0 Å². The molecule has 19 heavy (non-hydrogen) atoms. The van der Waals surface area contributed by atoms with Gasteiger partial charge in [-0.1, -0.05) is 11.6 Å². The monoisotopic (exact) mass is 343 g/mol. The van der Waals surface area contributed by atoms with E-state index in [0.29, 0.717) is 22.2 Å². The van der Waals surface area contributed by atoms with Crippen LogP contribution in [-0.2, 0) is 6.61 Å². The summed E-state index contributed by atoms with van der Waals surface area (Å²) in [6.45, 7) is -0.165. The molecular weight excluding hydrogens is 334 g/mol. The summed E-state index contributed by atoms with van der Waals surface area (Å²) in [6, 6.07) is 6.93. The highest BCUT2D eigenvalue weighted by Crippen LogP contribution is 2.32. The van der Waals surface area contributed by atoms with Crippen LogP contribution >= 0.6 is 27.5 Å². The normalized spacial score (nSPS) is 10.3. The molecular formula is C13H11BrClNO3. The van der Waals surface area contributed by atoms with Crippen LogP contribution in [0.1, 0.15) is 5.56 Å². The Morgan fingerprint density at radius 3 is 2.79 bits per heavy atom. The van der Waals surface area contributed by atoms with E-state index >= 15 is 0 Å². The van der Waals surface area contributed by atoms with Crippen LogP contribution in [0, 0.1) is 0 Å². The number of rotatable bonds is 4. The Balaban J connectivity index is 2.26. The lowest BCUT2D eigenvalue weighted by molar-refractivity contribution is 0.281. The minimum atomic E-state index is -0.165. The number of aromatic nitrogens is 1. The molecule has 100 valence electrons. The summed E-state index contributed by atoms with van der Waals surface area (Å²) in [5.41, 5.74) is 0.566. The predicted molar refractivity (Wildman–Crippen MR) is 75.9 cm³/mol. The van der Waals surface area contributed by atoms with Gasteiger partial charge in [0.25, 0.3) is 0 Å². The smallest absolute Gasteiger partial charge is 0.219 e. The summed E-state index contributed by atoms with van der Waals surface area (Å²) in [5, 5.41) is 9.54. The van der Waals surface area contributed by atoms with Crippen LogP contribution in [0.5, 0.6) is 17.4 Å². The summed E-state index contributed by atoms with van der Waals surface area (Å²) in [5.74, 6) is 1.68. The minimum Gasteiger partial charge on any atom is -0.497 e. The predicted octanol–water partition coefficient (Wildman–Crippen LogP) is 3.79. The summed E-state index contributed by atoms with van der Waals surface area (Å²) in [6.07, 6.45) is 1.44. The molecule has 0 aliphatic heterocycles. The number of pyridine rings is 1. The molecule has 0 amide bonds. The SMILES string of the molecule is COc1ccc(Oc2cc(CO)c(Cl)cn2)c(Br)c1. The van der Waals surface area contributed by atoms with Crippen molar-refractivity contribution in [2.75, 3.05) is 7.11 Å². The zero-order valence-corrected chi connectivity index (χ0v) is 12.4. The molecule has 0 spiro atoms. The first kappa shape index (κ1) is 14.1. The Morgan fingerprint density at radius 2 is 2.16 bits per heavy atom. The highest BCUT2D eigenvalue weighted by atomic mass is 79.9. The molecule has 0 fully saturated rings. The second-order valence-electron chi connectivity index (χ2n) is 3.67. The van der Waals surface area contributed by atoms with Gasteiger partial charge in [0, 0.05) is 17.8 Å². The maximum atomic E-state index is 9.14. The molecule has 0 unspecified atom stereocenters. The first-order chi connectivity index (χ1) is 9.13. The molecule has 1 aromatic carbocycles. The van der Waals surface area contributed by atoms with Crippen molar-refractivity contribution in [2.24, 2.45) is 0 Å². The van der Waals surface area contributed by atoms with Crippen molar-refractivity contribution >= 4 is 27.5 Å². The van der Waals surface area contributed by atoms with E-state index < -0.39 is 0 Å². The van der Waals surface area contributed by atoms with Gasteiger partial charge in [0.2, 0.25) is 5.88 Å². The molecule has 0 aliphatic carbocycles. The second kappa shape index (κ2) is 6.23. The van der Waals surface area contributed by atoms with Crippen LogP contribution in [0.15, 0.2) is 34.9 Å². The summed E-state index contributed by atoms with van der Waals surface area (Å²) in [7, 11) is 1.59. The quantitative estimate of drug-likeness (QED) is 0.917. The van der Waals surface area contributed by atoms with Crippen molar-refractivity contribution < 1.29 is 14.6 Å². The highest BCUT2D eigenvalue weighted by molar-refractivity contribution is 9.10. The number of nitrogens with zero attached hydrogens (tertiary/aromatic N) is 1. The number of aliphatic hydroxyl groups excluding tert-OH is 1. The van der Waals surface area contributed by atoms with Crippen molar-refractivity contribution in [3.05, 3.63) is 45.5 Å². The van der Waals surface area contributed by atoms with Gasteiger partial charge in [-0.15, -0.1) is 0 Å². The molecule has 1 aromatic heterocycles. The van der Waals surface area contributed by atoms with Crippen LogP contribution in [0.3, 0.4) is 0 Å². The summed E-state index contributed by atoms with van der Waals surface area (Å²) in [4.78, 5) is 4.05. The first-order valence-electron chi connectivity index (χ1n) is 5.40. The number of benzene rings is 1. The Bertz CT molecular complexity index is 592. The minimum absolute atomic E-state index is 0.165. The molecule has 1 N–H and O–H groups in total. The van der Waals surface area contributed by atoms with Crippen molar-refractivity contribution in [3.8, 4) is 17.4 Å². The van der Waals surface area contributed by atoms with Crippen LogP contribution in [0.4, 0.5) is 0 Å². The maximum absolute atomic E-state index is 9.14. The largest absolute Gasteiger partial charge is 0.497 e. The van der Waals surface area contributed by atoms with Gasteiger partial charge in [0.1, 0.15) is 11.5 Å². The Hall–Kier alpha value is -1.30. The number of halogens is 2. The highest BCUT2D eigenvalue weighted by Gasteiger charge is 2.08. The standard InChI is InChI=1S/C13H11BrClNO3/c1-18-9-2-3-12(10(14)5-9)19-13-4-8(7-17)11(15)6-16-13/h2-6,17H,7H2,1H3. The number of ether oxygens (including phenoxy) is 2. The van der Waals surface area contributed by atoms with E-state index in [4.69, 9.17) is 26.2 Å². The first-order valence-corrected chi connectivity index (χ1v) is 6.58. The fourth-order valence-electron chi connectivity index (χ4n) is 1.44.